The van der Waals surface area contributed by atoms with E-state index in [0.29, 0.717) is 17.6 Å². The lowest BCUT2D eigenvalue weighted by Gasteiger charge is -2.29. The van der Waals surface area contributed by atoms with Crippen molar-refractivity contribution in [2.75, 3.05) is 11.4 Å². The molecule has 2 heterocycles. The molecule has 0 saturated carbocycles. The first-order chi connectivity index (χ1) is 18.9. The SMILES string of the molecule is CCC(CC)CN(Cc1ccc(-c2csc(COc3cncc(C(=O)O)c3)n2)cc1)c1ccc(C(C)C)cc1. The lowest BCUT2D eigenvalue weighted by Crippen LogP contribution is -2.28. The largest absolute Gasteiger partial charge is 0.485 e. The Morgan fingerprint density at radius 1 is 1.03 bits per heavy atom. The number of rotatable bonds is 13. The predicted octanol–water partition coefficient (Wildman–Crippen LogP) is 8.05. The highest BCUT2D eigenvalue weighted by molar-refractivity contribution is 7.09. The van der Waals surface area contributed by atoms with Crippen LogP contribution in [-0.4, -0.2) is 27.6 Å². The van der Waals surface area contributed by atoms with Crippen LogP contribution in [0.25, 0.3) is 11.3 Å². The molecule has 7 heteroatoms. The van der Waals surface area contributed by atoms with Crippen molar-refractivity contribution in [1.82, 2.24) is 9.97 Å². The molecule has 0 saturated heterocycles. The van der Waals surface area contributed by atoms with Gasteiger partial charge in [0.05, 0.1) is 17.5 Å². The fraction of sp³-hybridized carbons (Fsp3) is 0.344. The van der Waals surface area contributed by atoms with Crippen LogP contribution in [0, 0.1) is 5.92 Å². The van der Waals surface area contributed by atoms with Gasteiger partial charge in [-0.15, -0.1) is 11.3 Å². The Labute approximate surface area is 235 Å². The van der Waals surface area contributed by atoms with Crippen LogP contribution in [0.4, 0.5) is 5.69 Å². The van der Waals surface area contributed by atoms with Crippen LogP contribution in [0.3, 0.4) is 0 Å². The van der Waals surface area contributed by atoms with Gasteiger partial charge >= 0.3 is 5.97 Å². The third-order valence-corrected chi connectivity index (χ3v) is 7.88. The smallest absolute Gasteiger partial charge is 0.337 e. The summed E-state index contributed by atoms with van der Waals surface area (Å²) in [5.74, 6) is 0.563. The van der Waals surface area contributed by atoms with E-state index < -0.39 is 5.97 Å². The fourth-order valence-electron chi connectivity index (χ4n) is 4.46. The van der Waals surface area contributed by atoms with E-state index in [1.807, 2.05) is 5.38 Å². The second-order valence-electron chi connectivity index (χ2n) is 10.1. The number of carboxylic acid groups (broad SMARTS) is 1. The van der Waals surface area contributed by atoms with Crippen LogP contribution in [0.5, 0.6) is 5.75 Å². The normalized spacial score (nSPS) is 11.2. The molecule has 204 valence electrons. The highest BCUT2D eigenvalue weighted by atomic mass is 32.1. The van der Waals surface area contributed by atoms with E-state index in [4.69, 9.17) is 14.8 Å². The maximum atomic E-state index is 11.1. The summed E-state index contributed by atoms with van der Waals surface area (Å²) in [5, 5.41) is 12.0. The number of anilines is 1. The zero-order valence-corrected chi connectivity index (χ0v) is 23.9. The molecule has 39 heavy (non-hydrogen) atoms. The molecule has 1 N–H and O–H groups in total. The Morgan fingerprint density at radius 3 is 2.38 bits per heavy atom. The number of carboxylic acids is 1. The lowest BCUT2D eigenvalue weighted by molar-refractivity contribution is 0.0696. The van der Waals surface area contributed by atoms with E-state index in [1.54, 1.807) is 0 Å². The van der Waals surface area contributed by atoms with E-state index >= 15 is 0 Å². The van der Waals surface area contributed by atoms with E-state index in [0.717, 1.165) is 29.4 Å². The van der Waals surface area contributed by atoms with Crippen molar-refractivity contribution in [3.63, 3.8) is 0 Å². The number of hydrogen-bond acceptors (Lipinski definition) is 6. The summed E-state index contributed by atoms with van der Waals surface area (Å²) in [7, 11) is 0. The summed E-state index contributed by atoms with van der Waals surface area (Å²) in [6.45, 7) is 11.2. The molecule has 0 aliphatic rings. The van der Waals surface area contributed by atoms with Gasteiger partial charge < -0.3 is 14.7 Å². The molecule has 4 aromatic rings. The van der Waals surface area contributed by atoms with Crippen LogP contribution in [0.15, 0.2) is 72.4 Å². The van der Waals surface area contributed by atoms with Crippen LogP contribution < -0.4 is 9.64 Å². The van der Waals surface area contributed by atoms with Crippen molar-refractivity contribution in [1.29, 1.82) is 0 Å². The summed E-state index contributed by atoms with van der Waals surface area (Å²) in [6.07, 6.45) is 5.15. The molecule has 0 unspecified atom stereocenters. The van der Waals surface area contributed by atoms with E-state index in [2.05, 4.69) is 86.1 Å². The molecule has 0 spiro atoms. The first kappa shape index (κ1) is 28.3. The zero-order chi connectivity index (χ0) is 27.8. The standard InChI is InChI=1S/C32H37N3O3S/c1-5-23(6-2)18-35(28-13-11-25(12-14-28)22(3)4)19-24-7-9-26(10-8-24)30-21-39-31(34-30)20-38-29-15-27(32(36)37)16-33-17-29/h7-17,21-23H,5-6,18-20H2,1-4H3,(H,36,37). The second-order valence-corrected chi connectivity index (χ2v) is 11.1. The summed E-state index contributed by atoms with van der Waals surface area (Å²) in [6, 6.07) is 19.1. The summed E-state index contributed by atoms with van der Waals surface area (Å²) in [4.78, 5) is 22.3. The van der Waals surface area contributed by atoms with Crippen molar-refractivity contribution in [2.45, 2.75) is 59.6 Å². The van der Waals surface area contributed by atoms with Gasteiger partial charge in [0.25, 0.3) is 0 Å². The Bertz CT molecular complexity index is 1350. The molecule has 0 radical (unpaired) electrons. The summed E-state index contributed by atoms with van der Waals surface area (Å²) < 4.78 is 5.72. The minimum atomic E-state index is -1.03. The Kier molecular flexibility index (Phi) is 9.71. The fourth-order valence-corrected chi connectivity index (χ4v) is 5.18. The van der Waals surface area contributed by atoms with E-state index in [-0.39, 0.29) is 12.2 Å². The van der Waals surface area contributed by atoms with Gasteiger partial charge in [-0.05, 0) is 41.2 Å². The van der Waals surface area contributed by atoms with Crippen LogP contribution in [-0.2, 0) is 13.2 Å². The monoisotopic (exact) mass is 543 g/mol. The van der Waals surface area contributed by atoms with E-state index in [9.17, 15) is 4.79 Å². The number of thiazole rings is 1. The highest BCUT2D eigenvalue weighted by Gasteiger charge is 2.14. The maximum absolute atomic E-state index is 11.1. The Hall–Kier alpha value is -3.71. The molecule has 2 aromatic heterocycles. The number of benzene rings is 2. The number of carbonyl (C=O) groups is 1. The van der Waals surface area contributed by atoms with Crippen molar-refractivity contribution >= 4 is 23.0 Å². The highest BCUT2D eigenvalue weighted by Crippen LogP contribution is 2.27. The number of hydrogen-bond donors (Lipinski definition) is 1. The molecular weight excluding hydrogens is 506 g/mol. The molecular formula is C32H37N3O3S. The van der Waals surface area contributed by atoms with E-state index in [1.165, 1.54) is 59.5 Å². The molecule has 0 aliphatic carbocycles. The maximum Gasteiger partial charge on any atom is 0.337 e. The molecule has 6 nitrogen and oxygen atoms in total. The molecule has 0 atom stereocenters. The van der Waals surface area contributed by atoms with Crippen LogP contribution in [0.1, 0.15) is 72.9 Å². The van der Waals surface area contributed by atoms with Crippen LogP contribution in [0.2, 0.25) is 0 Å². The summed E-state index contributed by atoms with van der Waals surface area (Å²) in [5.41, 5.74) is 5.96. The van der Waals surface area contributed by atoms with Crippen molar-refractivity contribution < 1.29 is 14.6 Å². The van der Waals surface area contributed by atoms with Crippen molar-refractivity contribution in [2.24, 2.45) is 5.92 Å². The van der Waals surface area contributed by atoms with Crippen molar-refractivity contribution in [3.8, 4) is 17.0 Å². The molecule has 0 bridgehead atoms. The topological polar surface area (TPSA) is 75.5 Å². The Balaban J connectivity index is 1.43. The van der Waals surface area contributed by atoms with Gasteiger partial charge in [-0.25, -0.2) is 9.78 Å². The molecule has 0 fully saturated rings. The number of aromatic nitrogens is 2. The summed E-state index contributed by atoms with van der Waals surface area (Å²) >= 11 is 1.52. The number of ether oxygens (including phenoxy) is 1. The first-order valence-electron chi connectivity index (χ1n) is 13.6. The number of pyridine rings is 1. The lowest BCUT2D eigenvalue weighted by atomic mass is 10.0. The quantitative estimate of drug-likeness (QED) is 0.184. The van der Waals surface area contributed by atoms with Gasteiger partial charge in [-0.2, -0.15) is 0 Å². The van der Waals surface area contributed by atoms with Gasteiger partial charge in [-0.1, -0.05) is 76.9 Å². The average molecular weight is 544 g/mol. The predicted molar refractivity (Wildman–Crippen MR) is 159 cm³/mol. The van der Waals surface area contributed by atoms with Gasteiger partial charge in [0.15, 0.2) is 0 Å². The third kappa shape index (κ3) is 7.67. The minimum Gasteiger partial charge on any atom is -0.485 e. The average Bonchev–Trinajstić information content (AvgIpc) is 3.44. The molecule has 2 aromatic carbocycles. The van der Waals surface area contributed by atoms with Gasteiger partial charge in [0, 0.05) is 35.9 Å². The van der Waals surface area contributed by atoms with Crippen molar-refractivity contribution in [3.05, 3.63) is 94.1 Å². The first-order valence-corrected chi connectivity index (χ1v) is 14.4. The number of aromatic carboxylic acids is 1. The third-order valence-electron chi connectivity index (χ3n) is 7.06. The molecule has 4 rings (SSSR count). The van der Waals surface area contributed by atoms with Gasteiger partial charge in [-0.3, -0.25) is 4.98 Å². The molecule has 0 aliphatic heterocycles. The number of nitrogens with zero attached hydrogens (tertiary/aromatic N) is 3. The van der Waals surface area contributed by atoms with Crippen LogP contribution >= 0.6 is 11.3 Å². The molecule has 0 amide bonds. The van der Waals surface area contributed by atoms with Gasteiger partial charge in [0.2, 0.25) is 0 Å². The Morgan fingerprint density at radius 2 is 1.74 bits per heavy atom. The minimum absolute atomic E-state index is 0.0958. The zero-order valence-electron chi connectivity index (χ0n) is 23.1. The second kappa shape index (κ2) is 13.4. The van der Waals surface area contributed by atoms with Gasteiger partial charge in [0.1, 0.15) is 17.4 Å².